The van der Waals surface area contributed by atoms with Crippen LogP contribution in [-0.2, 0) is 12.8 Å². The lowest BCUT2D eigenvalue weighted by Gasteiger charge is -2.13. The third-order valence-corrected chi connectivity index (χ3v) is 5.58. The SMILES string of the molecule is C[C@@H](CNC(=O)c1csc2c1CCCCC2)c1ccccc1. The average molecular weight is 313 g/mol. The van der Waals surface area contributed by atoms with E-state index in [1.165, 1.54) is 35.3 Å². The van der Waals surface area contributed by atoms with Gasteiger partial charge in [0.15, 0.2) is 0 Å². The van der Waals surface area contributed by atoms with E-state index >= 15 is 0 Å². The molecule has 0 saturated heterocycles. The van der Waals surface area contributed by atoms with E-state index in [1.807, 2.05) is 18.2 Å². The maximum Gasteiger partial charge on any atom is 0.252 e. The van der Waals surface area contributed by atoms with Gasteiger partial charge in [-0.1, -0.05) is 43.7 Å². The van der Waals surface area contributed by atoms with Crippen molar-refractivity contribution in [3.05, 3.63) is 57.3 Å². The Morgan fingerprint density at radius 1 is 1.18 bits per heavy atom. The molecule has 0 spiro atoms. The molecule has 2 nitrogen and oxygen atoms in total. The fraction of sp³-hybridized carbons (Fsp3) is 0.421. The number of benzene rings is 1. The zero-order valence-electron chi connectivity index (χ0n) is 13.1. The number of carbonyl (C=O) groups is 1. The topological polar surface area (TPSA) is 29.1 Å². The minimum Gasteiger partial charge on any atom is -0.351 e. The van der Waals surface area contributed by atoms with Crippen LogP contribution in [0, 0.1) is 0 Å². The highest BCUT2D eigenvalue weighted by Crippen LogP contribution is 2.29. The summed E-state index contributed by atoms with van der Waals surface area (Å²) in [5, 5.41) is 5.18. The van der Waals surface area contributed by atoms with Gasteiger partial charge in [-0.15, -0.1) is 11.3 Å². The molecule has 1 aliphatic carbocycles. The highest BCUT2D eigenvalue weighted by atomic mass is 32.1. The van der Waals surface area contributed by atoms with Crippen molar-refractivity contribution in [2.24, 2.45) is 0 Å². The molecule has 0 bridgehead atoms. The normalized spacial score (nSPS) is 15.7. The van der Waals surface area contributed by atoms with Gasteiger partial charge in [-0.2, -0.15) is 0 Å². The van der Waals surface area contributed by atoms with Crippen molar-refractivity contribution < 1.29 is 4.79 Å². The van der Waals surface area contributed by atoms with E-state index in [0.717, 1.165) is 18.4 Å². The summed E-state index contributed by atoms with van der Waals surface area (Å²) in [6, 6.07) is 10.4. The molecule has 1 aliphatic rings. The van der Waals surface area contributed by atoms with Crippen LogP contribution in [0.1, 0.15) is 58.5 Å². The largest absolute Gasteiger partial charge is 0.351 e. The average Bonchev–Trinajstić information content (AvgIpc) is 2.82. The van der Waals surface area contributed by atoms with Gasteiger partial charge >= 0.3 is 0 Å². The molecule has 0 fully saturated rings. The van der Waals surface area contributed by atoms with E-state index in [9.17, 15) is 4.79 Å². The smallest absolute Gasteiger partial charge is 0.252 e. The summed E-state index contributed by atoms with van der Waals surface area (Å²) >= 11 is 1.76. The Bertz CT molecular complexity index is 632. The molecule has 1 N–H and O–H groups in total. The van der Waals surface area contributed by atoms with Gasteiger partial charge in [0.25, 0.3) is 5.91 Å². The summed E-state index contributed by atoms with van der Waals surface area (Å²) < 4.78 is 0. The van der Waals surface area contributed by atoms with E-state index in [2.05, 4.69) is 29.8 Å². The summed E-state index contributed by atoms with van der Waals surface area (Å²) in [4.78, 5) is 14.0. The lowest BCUT2D eigenvalue weighted by molar-refractivity contribution is 0.0951. The molecule has 1 aromatic heterocycles. The quantitative estimate of drug-likeness (QED) is 0.824. The highest BCUT2D eigenvalue weighted by Gasteiger charge is 2.19. The number of fused-ring (bicyclic) bond motifs is 1. The molecule has 1 atom stereocenters. The van der Waals surface area contributed by atoms with Crippen molar-refractivity contribution >= 4 is 17.2 Å². The van der Waals surface area contributed by atoms with Gasteiger partial charge in [-0.25, -0.2) is 0 Å². The van der Waals surface area contributed by atoms with Gasteiger partial charge in [0.2, 0.25) is 0 Å². The number of hydrogen-bond donors (Lipinski definition) is 1. The number of nitrogens with one attached hydrogen (secondary N) is 1. The van der Waals surface area contributed by atoms with Crippen LogP contribution in [0.4, 0.5) is 0 Å². The third kappa shape index (κ3) is 3.41. The Labute approximate surface area is 136 Å². The van der Waals surface area contributed by atoms with Gasteiger partial charge in [0.05, 0.1) is 5.56 Å². The number of hydrogen-bond acceptors (Lipinski definition) is 2. The fourth-order valence-electron chi connectivity index (χ4n) is 3.10. The summed E-state index contributed by atoms with van der Waals surface area (Å²) in [5.41, 5.74) is 3.50. The summed E-state index contributed by atoms with van der Waals surface area (Å²) in [6.45, 7) is 2.84. The lowest BCUT2D eigenvalue weighted by atomic mass is 10.0. The molecule has 0 radical (unpaired) electrons. The van der Waals surface area contributed by atoms with E-state index in [1.54, 1.807) is 11.3 Å². The number of carbonyl (C=O) groups excluding carboxylic acids is 1. The van der Waals surface area contributed by atoms with Crippen molar-refractivity contribution in [3.63, 3.8) is 0 Å². The number of rotatable bonds is 4. The van der Waals surface area contributed by atoms with E-state index in [0.29, 0.717) is 12.5 Å². The molecule has 3 heteroatoms. The van der Waals surface area contributed by atoms with Crippen molar-refractivity contribution in [3.8, 4) is 0 Å². The van der Waals surface area contributed by atoms with Crippen molar-refractivity contribution in [2.75, 3.05) is 6.54 Å². The molecule has 22 heavy (non-hydrogen) atoms. The molecule has 1 amide bonds. The number of amides is 1. The molecule has 1 aromatic carbocycles. The lowest BCUT2D eigenvalue weighted by Crippen LogP contribution is -2.28. The fourth-order valence-corrected chi connectivity index (χ4v) is 4.23. The Morgan fingerprint density at radius 2 is 1.95 bits per heavy atom. The molecule has 0 aliphatic heterocycles. The van der Waals surface area contributed by atoms with Crippen LogP contribution < -0.4 is 5.32 Å². The first-order chi connectivity index (χ1) is 10.8. The van der Waals surface area contributed by atoms with Gasteiger partial charge < -0.3 is 5.32 Å². The van der Waals surface area contributed by atoms with Crippen LogP contribution in [0.15, 0.2) is 35.7 Å². The van der Waals surface area contributed by atoms with Crippen molar-refractivity contribution in [1.29, 1.82) is 0 Å². The second kappa shape index (κ2) is 7.10. The van der Waals surface area contributed by atoms with Crippen LogP contribution in [0.5, 0.6) is 0 Å². The monoisotopic (exact) mass is 313 g/mol. The first-order valence-corrected chi connectivity index (χ1v) is 9.06. The molecule has 3 rings (SSSR count). The first kappa shape index (κ1) is 15.3. The minimum atomic E-state index is 0.0992. The number of thiophene rings is 1. The maximum absolute atomic E-state index is 12.5. The molecule has 0 saturated carbocycles. The van der Waals surface area contributed by atoms with Crippen LogP contribution >= 0.6 is 11.3 Å². The van der Waals surface area contributed by atoms with Gasteiger partial charge in [0.1, 0.15) is 0 Å². The Kier molecular flexibility index (Phi) is 4.94. The summed E-state index contributed by atoms with van der Waals surface area (Å²) in [7, 11) is 0. The zero-order chi connectivity index (χ0) is 15.4. The standard InChI is InChI=1S/C19H23NOS/c1-14(15-8-4-2-5-9-15)12-20-19(21)17-13-22-18-11-7-3-6-10-16(17)18/h2,4-5,8-9,13-14H,3,6-7,10-12H2,1H3,(H,20,21)/t14-/m0/s1. The molecular formula is C19H23NOS. The Hall–Kier alpha value is -1.61. The predicted octanol–water partition coefficient (Wildman–Crippen LogP) is 4.55. The zero-order valence-corrected chi connectivity index (χ0v) is 13.9. The highest BCUT2D eigenvalue weighted by molar-refractivity contribution is 7.10. The first-order valence-electron chi connectivity index (χ1n) is 8.18. The second-order valence-electron chi connectivity index (χ2n) is 6.13. The van der Waals surface area contributed by atoms with Crippen LogP contribution in [0.3, 0.4) is 0 Å². The second-order valence-corrected chi connectivity index (χ2v) is 7.10. The third-order valence-electron chi connectivity index (χ3n) is 4.49. The van der Waals surface area contributed by atoms with Gasteiger partial charge in [-0.3, -0.25) is 4.79 Å². The van der Waals surface area contributed by atoms with E-state index in [-0.39, 0.29) is 5.91 Å². The van der Waals surface area contributed by atoms with Crippen LogP contribution in [-0.4, -0.2) is 12.5 Å². The minimum absolute atomic E-state index is 0.0992. The van der Waals surface area contributed by atoms with Gasteiger partial charge in [-0.05, 0) is 42.7 Å². The molecule has 116 valence electrons. The molecular weight excluding hydrogens is 290 g/mol. The maximum atomic E-state index is 12.5. The van der Waals surface area contributed by atoms with Gasteiger partial charge in [0, 0.05) is 16.8 Å². The molecule has 1 heterocycles. The van der Waals surface area contributed by atoms with E-state index in [4.69, 9.17) is 0 Å². The molecule has 2 aromatic rings. The molecule has 0 unspecified atom stereocenters. The summed E-state index contributed by atoms with van der Waals surface area (Å²) in [5.74, 6) is 0.435. The number of aryl methyl sites for hydroxylation is 1. The Balaban J connectivity index is 1.64. The van der Waals surface area contributed by atoms with Crippen molar-refractivity contribution in [1.82, 2.24) is 5.32 Å². The predicted molar refractivity (Wildman–Crippen MR) is 92.8 cm³/mol. The Morgan fingerprint density at radius 3 is 2.77 bits per heavy atom. The van der Waals surface area contributed by atoms with Crippen molar-refractivity contribution in [2.45, 2.75) is 44.9 Å². The summed E-state index contributed by atoms with van der Waals surface area (Å²) in [6.07, 6.45) is 5.97. The van der Waals surface area contributed by atoms with Crippen LogP contribution in [0.25, 0.3) is 0 Å². The van der Waals surface area contributed by atoms with Crippen LogP contribution in [0.2, 0.25) is 0 Å². The van der Waals surface area contributed by atoms with E-state index < -0.39 is 0 Å².